The summed E-state index contributed by atoms with van der Waals surface area (Å²) in [5.74, 6) is -0.328. The highest BCUT2D eigenvalue weighted by atomic mass is 35.5. The van der Waals surface area contributed by atoms with Crippen LogP contribution >= 0.6 is 11.6 Å². The summed E-state index contributed by atoms with van der Waals surface area (Å²) in [4.78, 5) is 12.6. The molecule has 1 amide bonds. The first-order valence-corrected chi connectivity index (χ1v) is 10.0. The Morgan fingerprint density at radius 2 is 1.69 bits per heavy atom. The highest BCUT2D eigenvalue weighted by molar-refractivity contribution is 7.89. The first kappa shape index (κ1) is 20.4. The van der Waals surface area contributed by atoms with E-state index in [4.69, 9.17) is 11.6 Å². The van der Waals surface area contributed by atoms with E-state index < -0.39 is 15.6 Å². The summed E-state index contributed by atoms with van der Waals surface area (Å²) in [6.07, 6.45) is 0. The Kier molecular flexibility index (Phi) is 6.11. The average Bonchev–Trinajstić information content (AvgIpc) is 2.52. The minimum atomic E-state index is -3.71. The van der Waals surface area contributed by atoms with Crippen LogP contribution in [0.4, 0.5) is 0 Å². The molecule has 140 valence electrons. The maximum absolute atomic E-state index is 12.5. The van der Waals surface area contributed by atoms with E-state index in [9.17, 15) is 13.2 Å². The molecule has 7 heteroatoms. The Hall–Kier alpha value is -1.89. The van der Waals surface area contributed by atoms with Crippen LogP contribution in [0.3, 0.4) is 0 Å². The molecule has 2 aromatic rings. The Labute approximate surface area is 159 Å². The molecule has 0 atom stereocenters. The van der Waals surface area contributed by atoms with E-state index >= 15 is 0 Å². The number of carbonyl (C=O) groups is 1. The lowest BCUT2D eigenvalue weighted by Crippen LogP contribution is -2.40. The van der Waals surface area contributed by atoms with E-state index in [1.807, 2.05) is 12.1 Å². The summed E-state index contributed by atoms with van der Waals surface area (Å²) in [5.41, 5.74) is 1.32. The van der Waals surface area contributed by atoms with E-state index in [1.54, 1.807) is 45.9 Å². The fourth-order valence-electron chi connectivity index (χ4n) is 2.35. The van der Waals surface area contributed by atoms with Crippen molar-refractivity contribution >= 4 is 27.5 Å². The number of nitrogens with one attached hydrogen (secondary N) is 2. The maximum Gasteiger partial charge on any atom is 0.251 e. The Balaban J connectivity index is 2.20. The number of amides is 1. The number of rotatable bonds is 5. The van der Waals surface area contributed by atoms with Gasteiger partial charge < -0.3 is 5.32 Å². The number of aryl methyl sites for hydroxylation is 1. The normalized spacial score (nSPS) is 12.0. The molecule has 0 aromatic heterocycles. The fourth-order valence-corrected chi connectivity index (χ4v) is 3.92. The Morgan fingerprint density at radius 3 is 2.27 bits per heavy atom. The van der Waals surface area contributed by atoms with Crippen molar-refractivity contribution < 1.29 is 13.2 Å². The van der Waals surface area contributed by atoms with Gasteiger partial charge >= 0.3 is 0 Å². The zero-order chi connectivity index (χ0) is 19.5. The first-order valence-electron chi connectivity index (χ1n) is 8.15. The standard InChI is InChI=1S/C19H23ClN2O3S/c1-13-5-10-16(26(24,25)22-19(2,3)4)11-17(13)18(23)21-12-14-6-8-15(20)9-7-14/h5-11,22H,12H2,1-4H3,(H,21,23). The van der Waals surface area contributed by atoms with Gasteiger partial charge in [-0.3, -0.25) is 4.79 Å². The van der Waals surface area contributed by atoms with Gasteiger partial charge in [-0.25, -0.2) is 13.1 Å². The Morgan fingerprint density at radius 1 is 1.08 bits per heavy atom. The highest BCUT2D eigenvalue weighted by Gasteiger charge is 2.23. The highest BCUT2D eigenvalue weighted by Crippen LogP contribution is 2.18. The third-order valence-electron chi connectivity index (χ3n) is 3.57. The van der Waals surface area contributed by atoms with Crippen molar-refractivity contribution in [2.45, 2.75) is 44.7 Å². The zero-order valence-corrected chi connectivity index (χ0v) is 16.8. The molecule has 2 aromatic carbocycles. The van der Waals surface area contributed by atoms with Gasteiger partial charge in [-0.05, 0) is 63.1 Å². The number of carbonyl (C=O) groups excluding carboxylic acids is 1. The largest absolute Gasteiger partial charge is 0.348 e. The lowest BCUT2D eigenvalue weighted by molar-refractivity contribution is 0.0950. The molecule has 0 spiro atoms. The molecule has 0 fully saturated rings. The van der Waals surface area contributed by atoms with E-state index in [0.29, 0.717) is 22.7 Å². The van der Waals surface area contributed by atoms with E-state index in [0.717, 1.165) is 5.56 Å². The fraction of sp³-hybridized carbons (Fsp3) is 0.316. The van der Waals surface area contributed by atoms with Gasteiger partial charge in [0.05, 0.1) is 4.90 Å². The maximum atomic E-state index is 12.5. The predicted octanol–water partition coefficient (Wildman–Crippen LogP) is 3.66. The monoisotopic (exact) mass is 394 g/mol. The van der Waals surface area contributed by atoms with Gasteiger partial charge in [0.1, 0.15) is 0 Å². The predicted molar refractivity (Wildman–Crippen MR) is 104 cm³/mol. The summed E-state index contributed by atoms with van der Waals surface area (Å²) < 4.78 is 27.6. The molecule has 5 nitrogen and oxygen atoms in total. The molecule has 0 aliphatic heterocycles. The second-order valence-electron chi connectivity index (χ2n) is 7.14. The number of hydrogen-bond acceptors (Lipinski definition) is 3. The van der Waals surface area contributed by atoms with Crippen LogP contribution in [-0.4, -0.2) is 19.9 Å². The van der Waals surface area contributed by atoms with Gasteiger partial charge in [0, 0.05) is 22.7 Å². The van der Waals surface area contributed by atoms with Crippen LogP contribution in [0.5, 0.6) is 0 Å². The van der Waals surface area contributed by atoms with Gasteiger partial charge in [0.2, 0.25) is 10.0 Å². The van der Waals surface area contributed by atoms with Crippen LogP contribution in [0.1, 0.15) is 42.3 Å². The second-order valence-corrected chi connectivity index (χ2v) is 9.26. The average molecular weight is 395 g/mol. The second kappa shape index (κ2) is 7.78. The third kappa shape index (κ3) is 5.56. The molecule has 0 bridgehead atoms. The van der Waals surface area contributed by atoms with Crippen molar-refractivity contribution in [2.24, 2.45) is 0 Å². The van der Waals surface area contributed by atoms with Crippen molar-refractivity contribution in [3.63, 3.8) is 0 Å². The zero-order valence-electron chi connectivity index (χ0n) is 15.3. The lowest BCUT2D eigenvalue weighted by atomic mass is 10.1. The molecule has 0 aliphatic carbocycles. The molecule has 2 rings (SSSR count). The molecule has 0 aliphatic rings. The van der Waals surface area contributed by atoms with Crippen LogP contribution in [0.2, 0.25) is 5.02 Å². The molecule has 26 heavy (non-hydrogen) atoms. The molecule has 0 saturated heterocycles. The summed E-state index contributed by atoms with van der Waals surface area (Å²) >= 11 is 5.85. The van der Waals surface area contributed by atoms with Crippen molar-refractivity contribution in [2.75, 3.05) is 0 Å². The van der Waals surface area contributed by atoms with Crippen molar-refractivity contribution in [3.05, 3.63) is 64.2 Å². The minimum Gasteiger partial charge on any atom is -0.348 e. The van der Waals surface area contributed by atoms with Gasteiger partial charge in [0.25, 0.3) is 5.91 Å². The van der Waals surface area contributed by atoms with Gasteiger partial charge in [-0.1, -0.05) is 29.8 Å². The van der Waals surface area contributed by atoms with E-state index in [-0.39, 0.29) is 10.8 Å². The molecule has 0 saturated carbocycles. The number of sulfonamides is 1. The first-order chi connectivity index (χ1) is 12.0. The minimum absolute atomic E-state index is 0.0645. The van der Waals surface area contributed by atoms with Crippen LogP contribution in [0, 0.1) is 6.92 Å². The summed E-state index contributed by atoms with van der Waals surface area (Å²) in [6.45, 7) is 7.38. The molecule has 2 N–H and O–H groups in total. The summed E-state index contributed by atoms with van der Waals surface area (Å²) in [7, 11) is -3.71. The number of hydrogen-bond donors (Lipinski definition) is 2. The molecular weight excluding hydrogens is 372 g/mol. The van der Waals surface area contributed by atoms with Crippen molar-refractivity contribution in [1.82, 2.24) is 10.0 Å². The van der Waals surface area contributed by atoms with Crippen molar-refractivity contribution in [1.29, 1.82) is 0 Å². The molecule has 0 heterocycles. The number of benzene rings is 2. The summed E-state index contributed by atoms with van der Waals surface area (Å²) in [5, 5.41) is 3.43. The quantitative estimate of drug-likeness (QED) is 0.812. The smallest absolute Gasteiger partial charge is 0.251 e. The molecule has 0 unspecified atom stereocenters. The molecular formula is C19H23ClN2O3S. The van der Waals surface area contributed by atoms with E-state index in [1.165, 1.54) is 12.1 Å². The topological polar surface area (TPSA) is 75.3 Å². The third-order valence-corrected chi connectivity index (χ3v) is 5.58. The SMILES string of the molecule is Cc1ccc(S(=O)(=O)NC(C)(C)C)cc1C(=O)NCc1ccc(Cl)cc1. The van der Waals surface area contributed by atoms with E-state index in [2.05, 4.69) is 10.0 Å². The number of halogens is 1. The Bertz CT molecular complexity index is 901. The van der Waals surface area contributed by atoms with Crippen LogP contribution < -0.4 is 10.0 Å². The van der Waals surface area contributed by atoms with Crippen molar-refractivity contribution in [3.8, 4) is 0 Å². The summed E-state index contributed by atoms with van der Waals surface area (Å²) in [6, 6.07) is 11.7. The van der Waals surface area contributed by atoms with Gasteiger partial charge in [-0.2, -0.15) is 0 Å². The van der Waals surface area contributed by atoms with Gasteiger partial charge in [0.15, 0.2) is 0 Å². The van der Waals surface area contributed by atoms with Gasteiger partial charge in [-0.15, -0.1) is 0 Å². The van der Waals surface area contributed by atoms with Crippen LogP contribution in [0.25, 0.3) is 0 Å². The lowest BCUT2D eigenvalue weighted by Gasteiger charge is -2.20. The van der Waals surface area contributed by atoms with Crippen LogP contribution in [-0.2, 0) is 16.6 Å². The van der Waals surface area contributed by atoms with Crippen LogP contribution in [0.15, 0.2) is 47.4 Å². The molecule has 0 radical (unpaired) electrons.